The molecule has 2 aromatic rings. The molecule has 0 spiro atoms. The van der Waals surface area contributed by atoms with Gasteiger partial charge in [0.25, 0.3) is 5.56 Å². The van der Waals surface area contributed by atoms with Crippen LogP contribution in [0.4, 0.5) is 13.2 Å². The van der Waals surface area contributed by atoms with Crippen molar-refractivity contribution in [3.63, 3.8) is 0 Å². The fraction of sp³-hybridized carbons (Fsp3) is 0.375. The first kappa shape index (κ1) is 18.2. The molecule has 1 aromatic heterocycles. The predicted molar refractivity (Wildman–Crippen MR) is 81.5 cm³/mol. The number of aromatic nitrogens is 2. The molecule has 5 nitrogen and oxygen atoms in total. The number of benzene rings is 1. The minimum atomic E-state index is -4.47. The van der Waals surface area contributed by atoms with E-state index in [1.165, 1.54) is 25.3 Å². The first-order valence-corrected chi connectivity index (χ1v) is 7.16. The number of nitrogens with zero attached hydrogens (tertiary/aromatic N) is 2. The van der Waals surface area contributed by atoms with Crippen molar-refractivity contribution in [3.8, 4) is 11.1 Å². The summed E-state index contributed by atoms with van der Waals surface area (Å²) in [6.45, 7) is 2.19. The van der Waals surface area contributed by atoms with Gasteiger partial charge in [0.2, 0.25) is 0 Å². The molecule has 1 aromatic carbocycles. The van der Waals surface area contributed by atoms with E-state index in [1.54, 1.807) is 6.92 Å². The van der Waals surface area contributed by atoms with Crippen molar-refractivity contribution in [1.82, 2.24) is 9.78 Å². The lowest BCUT2D eigenvalue weighted by Crippen LogP contribution is -2.27. The standard InChI is InChI=1S/C16H17F3N2O3/c1-11-8-14(12-4-3-5-13(9-12)16(17,18)19)15(22)21(20-11)10-24-7-6-23-2/h3-5,8-9H,6-7,10H2,1-2H3. The van der Waals surface area contributed by atoms with Crippen LogP contribution in [-0.4, -0.2) is 30.1 Å². The van der Waals surface area contributed by atoms with Crippen LogP contribution in [0.5, 0.6) is 0 Å². The van der Waals surface area contributed by atoms with E-state index in [-0.39, 0.29) is 24.5 Å². The summed E-state index contributed by atoms with van der Waals surface area (Å²) >= 11 is 0. The van der Waals surface area contributed by atoms with E-state index < -0.39 is 17.3 Å². The molecule has 0 aliphatic heterocycles. The second kappa shape index (κ2) is 7.59. The molecule has 130 valence electrons. The third-order valence-corrected chi connectivity index (χ3v) is 3.24. The highest BCUT2D eigenvalue weighted by Crippen LogP contribution is 2.31. The van der Waals surface area contributed by atoms with Crippen LogP contribution in [-0.2, 0) is 22.4 Å². The van der Waals surface area contributed by atoms with E-state index in [0.29, 0.717) is 12.3 Å². The van der Waals surface area contributed by atoms with Gasteiger partial charge >= 0.3 is 6.18 Å². The summed E-state index contributed by atoms with van der Waals surface area (Å²) in [6.07, 6.45) is -4.47. The third kappa shape index (κ3) is 4.42. The minimum Gasteiger partial charge on any atom is -0.382 e. The number of hydrogen-bond donors (Lipinski definition) is 0. The normalized spacial score (nSPS) is 11.7. The second-order valence-corrected chi connectivity index (χ2v) is 5.11. The third-order valence-electron chi connectivity index (χ3n) is 3.24. The van der Waals surface area contributed by atoms with E-state index >= 15 is 0 Å². The fourth-order valence-corrected chi connectivity index (χ4v) is 2.12. The highest BCUT2D eigenvalue weighted by Gasteiger charge is 2.30. The maximum absolute atomic E-state index is 12.9. The summed E-state index contributed by atoms with van der Waals surface area (Å²) in [6, 6.07) is 6.11. The van der Waals surface area contributed by atoms with Crippen molar-refractivity contribution in [1.29, 1.82) is 0 Å². The summed E-state index contributed by atoms with van der Waals surface area (Å²) in [5.41, 5.74) is -0.499. The van der Waals surface area contributed by atoms with E-state index in [4.69, 9.17) is 9.47 Å². The van der Waals surface area contributed by atoms with Gasteiger partial charge in [-0.25, -0.2) is 4.68 Å². The van der Waals surface area contributed by atoms with Gasteiger partial charge in [-0.3, -0.25) is 4.79 Å². The molecule has 0 saturated carbocycles. The van der Waals surface area contributed by atoms with Crippen molar-refractivity contribution in [2.45, 2.75) is 19.8 Å². The van der Waals surface area contributed by atoms with E-state index in [0.717, 1.165) is 16.8 Å². The molecule has 0 atom stereocenters. The van der Waals surface area contributed by atoms with Gasteiger partial charge in [-0.15, -0.1) is 0 Å². The smallest absolute Gasteiger partial charge is 0.382 e. The highest BCUT2D eigenvalue weighted by atomic mass is 19.4. The Labute approximate surface area is 136 Å². The Balaban J connectivity index is 2.37. The quantitative estimate of drug-likeness (QED) is 0.758. The molecule has 0 bridgehead atoms. The van der Waals surface area contributed by atoms with E-state index in [1.807, 2.05) is 0 Å². The van der Waals surface area contributed by atoms with Gasteiger partial charge in [-0.2, -0.15) is 18.3 Å². The molecule has 24 heavy (non-hydrogen) atoms. The van der Waals surface area contributed by atoms with Crippen LogP contribution in [0.1, 0.15) is 11.3 Å². The fourth-order valence-electron chi connectivity index (χ4n) is 2.12. The van der Waals surface area contributed by atoms with Crippen molar-refractivity contribution in [2.75, 3.05) is 20.3 Å². The molecule has 0 aliphatic rings. The lowest BCUT2D eigenvalue weighted by atomic mass is 10.0. The number of aryl methyl sites for hydroxylation is 1. The molecule has 0 N–H and O–H groups in total. The van der Waals surface area contributed by atoms with Gasteiger partial charge in [-0.1, -0.05) is 12.1 Å². The Morgan fingerprint density at radius 3 is 2.62 bits per heavy atom. The van der Waals surface area contributed by atoms with Crippen LogP contribution in [0.15, 0.2) is 35.1 Å². The maximum Gasteiger partial charge on any atom is 0.416 e. The Bertz CT molecular complexity index is 757. The predicted octanol–water partition coefficient (Wildman–Crippen LogP) is 2.86. The molecule has 2 rings (SSSR count). The van der Waals surface area contributed by atoms with Gasteiger partial charge in [-0.05, 0) is 30.7 Å². The molecule has 0 radical (unpaired) electrons. The number of hydrogen-bond acceptors (Lipinski definition) is 4. The van der Waals surface area contributed by atoms with Gasteiger partial charge in [0.05, 0.1) is 30.0 Å². The van der Waals surface area contributed by atoms with Gasteiger partial charge in [0.15, 0.2) is 0 Å². The lowest BCUT2D eigenvalue weighted by Gasteiger charge is -2.11. The van der Waals surface area contributed by atoms with Crippen LogP contribution >= 0.6 is 0 Å². The maximum atomic E-state index is 12.9. The van der Waals surface area contributed by atoms with Gasteiger partial charge < -0.3 is 9.47 Å². The summed E-state index contributed by atoms with van der Waals surface area (Å²) < 4.78 is 49.7. The number of rotatable bonds is 6. The number of alkyl halides is 3. The second-order valence-electron chi connectivity index (χ2n) is 5.11. The monoisotopic (exact) mass is 342 g/mol. The Morgan fingerprint density at radius 2 is 1.96 bits per heavy atom. The zero-order valence-corrected chi connectivity index (χ0v) is 13.3. The Morgan fingerprint density at radius 1 is 1.21 bits per heavy atom. The van der Waals surface area contributed by atoms with Crippen LogP contribution in [0.3, 0.4) is 0 Å². The van der Waals surface area contributed by atoms with Crippen molar-refractivity contribution < 1.29 is 22.6 Å². The highest BCUT2D eigenvalue weighted by molar-refractivity contribution is 5.63. The largest absolute Gasteiger partial charge is 0.416 e. The van der Waals surface area contributed by atoms with Crippen LogP contribution in [0.2, 0.25) is 0 Å². The number of ether oxygens (including phenoxy) is 2. The summed E-state index contributed by atoms with van der Waals surface area (Å²) in [7, 11) is 1.52. The van der Waals surface area contributed by atoms with E-state index in [9.17, 15) is 18.0 Å². The lowest BCUT2D eigenvalue weighted by molar-refractivity contribution is -0.137. The molecule has 0 aliphatic carbocycles. The van der Waals surface area contributed by atoms with Crippen LogP contribution in [0.25, 0.3) is 11.1 Å². The average Bonchev–Trinajstić information content (AvgIpc) is 2.53. The van der Waals surface area contributed by atoms with E-state index in [2.05, 4.69) is 5.10 Å². The Kier molecular flexibility index (Phi) is 5.74. The SMILES string of the molecule is COCCOCn1nc(C)cc(-c2cccc(C(F)(F)F)c2)c1=O. The topological polar surface area (TPSA) is 53.4 Å². The Hall–Kier alpha value is -2.19. The molecular weight excluding hydrogens is 325 g/mol. The molecule has 1 heterocycles. The van der Waals surface area contributed by atoms with Crippen LogP contribution in [0, 0.1) is 6.92 Å². The summed E-state index contributed by atoms with van der Waals surface area (Å²) in [5, 5.41) is 4.04. The zero-order chi connectivity index (χ0) is 17.7. The minimum absolute atomic E-state index is 0.101. The summed E-state index contributed by atoms with van der Waals surface area (Å²) in [5.74, 6) is 0. The molecule has 0 saturated heterocycles. The zero-order valence-electron chi connectivity index (χ0n) is 13.3. The van der Waals surface area contributed by atoms with Crippen molar-refractivity contribution >= 4 is 0 Å². The molecule has 0 fully saturated rings. The van der Waals surface area contributed by atoms with Crippen LogP contribution < -0.4 is 5.56 Å². The first-order valence-electron chi connectivity index (χ1n) is 7.16. The average molecular weight is 342 g/mol. The van der Waals surface area contributed by atoms with Gasteiger partial charge in [0.1, 0.15) is 6.73 Å². The molecule has 0 unspecified atom stereocenters. The number of methoxy groups -OCH3 is 1. The van der Waals surface area contributed by atoms with Gasteiger partial charge in [0, 0.05) is 7.11 Å². The first-order chi connectivity index (χ1) is 11.3. The molecule has 8 heteroatoms. The number of halogens is 3. The van der Waals surface area contributed by atoms with Crippen molar-refractivity contribution in [3.05, 3.63) is 51.9 Å². The molecule has 0 amide bonds. The van der Waals surface area contributed by atoms with Crippen molar-refractivity contribution in [2.24, 2.45) is 0 Å². The molecular formula is C16H17F3N2O3. The summed E-state index contributed by atoms with van der Waals surface area (Å²) in [4.78, 5) is 12.5.